The summed E-state index contributed by atoms with van der Waals surface area (Å²) in [5, 5.41) is 11.2. The van der Waals surface area contributed by atoms with Gasteiger partial charge in [-0.15, -0.1) is 0 Å². The smallest absolute Gasteiger partial charge is 0.319 e. The molecule has 8 nitrogen and oxygen atoms in total. The van der Waals surface area contributed by atoms with Crippen molar-refractivity contribution in [3.05, 3.63) is 84.3 Å². The average Bonchev–Trinajstić information content (AvgIpc) is 3.24. The van der Waals surface area contributed by atoms with Crippen molar-refractivity contribution >= 4 is 28.5 Å². The van der Waals surface area contributed by atoms with E-state index >= 15 is 0 Å². The van der Waals surface area contributed by atoms with E-state index in [1.807, 2.05) is 62.4 Å². The largest absolute Gasteiger partial charge is 0.338 e. The van der Waals surface area contributed by atoms with E-state index in [2.05, 4.69) is 15.6 Å². The summed E-state index contributed by atoms with van der Waals surface area (Å²) in [7, 11) is 0. The zero-order chi connectivity index (χ0) is 23.9. The number of carbonyl (C=O) groups is 2. The summed E-state index contributed by atoms with van der Waals surface area (Å²) in [5.74, 6) is -0.0779. The van der Waals surface area contributed by atoms with E-state index in [1.54, 1.807) is 34.1 Å². The predicted octanol–water partition coefficient (Wildman–Crippen LogP) is 4.27. The molecule has 0 spiro atoms. The third-order valence-corrected chi connectivity index (χ3v) is 5.63. The molecule has 2 aromatic heterocycles. The van der Waals surface area contributed by atoms with Crippen molar-refractivity contribution in [2.75, 3.05) is 25.0 Å². The van der Waals surface area contributed by atoms with Gasteiger partial charge in [-0.05, 0) is 68.3 Å². The molecule has 0 unspecified atom stereocenters. The fourth-order valence-corrected chi connectivity index (χ4v) is 3.83. The fourth-order valence-electron chi connectivity index (χ4n) is 3.83. The van der Waals surface area contributed by atoms with Crippen LogP contribution in [0.15, 0.2) is 73.1 Å². The molecule has 0 aliphatic carbocycles. The van der Waals surface area contributed by atoms with Crippen LogP contribution in [0.4, 0.5) is 10.5 Å². The third-order valence-electron chi connectivity index (χ3n) is 5.63. The van der Waals surface area contributed by atoms with Crippen LogP contribution in [0.25, 0.3) is 16.6 Å². The SMILES string of the molecule is CCN(CC)C(=O)c1c2ccc(NC(=O)NCCc3ccncc3)cc2nn1-c1ccccc1. The number of carbonyl (C=O) groups excluding carboxylic acids is 2. The maximum absolute atomic E-state index is 13.4. The molecule has 2 N–H and O–H groups in total. The lowest BCUT2D eigenvalue weighted by Gasteiger charge is -2.19. The first-order valence-corrected chi connectivity index (χ1v) is 11.4. The lowest BCUT2D eigenvalue weighted by Crippen LogP contribution is -2.32. The Morgan fingerprint density at radius 2 is 1.71 bits per heavy atom. The van der Waals surface area contributed by atoms with Gasteiger partial charge in [0, 0.05) is 43.1 Å². The van der Waals surface area contributed by atoms with Gasteiger partial charge >= 0.3 is 6.03 Å². The van der Waals surface area contributed by atoms with Gasteiger partial charge in [0.1, 0.15) is 5.69 Å². The molecule has 2 heterocycles. The van der Waals surface area contributed by atoms with Gasteiger partial charge in [-0.1, -0.05) is 18.2 Å². The minimum atomic E-state index is -0.296. The van der Waals surface area contributed by atoms with E-state index in [9.17, 15) is 9.59 Å². The quantitative estimate of drug-likeness (QED) is 0.414. The predicted molar refractivity (Wildman–Crippen MR) is 133 cm³/mol. The molecule has 4 rings (SSSR count). The van der Waals surface area contributed by atoms with Crippen LogP contribution < -0.4 is 10.6 Å². The molecule has 0 fully saturated rings. The number of urea groups is 1. The number of hydrogen-bond acceptors (Lipinski definition) is 4. The summed E-state index contributed by atoms with van der Waals surface area (Å²) >= 11 is 0. The van der Waals surface area contributed by atoms with Crippen molar-refractivity contribution < 1.29 is 9.59 Å². The number of benzene rings is 2. The van der Waals surface area contributed by atoms with E-state index in [-0.39, 0.29) is 11.9 Å². The Labute approximate surface area is 198 Å². The molecule has 0 atom stereocenters. The lowest BCUT2D eigenvalue weighted by atomic mass is 10.1. The summed E-state index contributed by atoms with van der Waals surface area (Å²) in [4.78, 5) is 31.5. The Balaban J connectivity index is 1.57. The van der Waals surface area contributed by atoms with E-state index in [0.717, 1.165) is 16.6 Å². The van der Waals surface area contributed by atoms with Crippen LogP contribution in [0.1, 0.15) is 29.9 Å². The first kappa shape index (κ1) is 23.0. The van der Waals surface area contributed by atoms with Crippen LogP contribution >= 0.6 is 0 Å². The first-order chi connectivity index (χ1) is 16.6. The highest BCUT2D eigenvalue weighted by Crippen LogP contribution is 2.26. The molecule has 0 bridgehead atoms. The number of fused-ring (bicyclic) bond motifs is 1. The van der Waals surface area contributed by atoms with Gasteiger partial charge in [0.25, 0.3) is 5.91 Å². The van der Waals surface area contributed by atoms with E-state index in [0.29, 0.717) is 43.0 Å². The number of para-hydroxylation sites is 1. The number of aromatic nitrogens is 3. The summed E-state index contributed by atoms with van der Waals surface area (Å²) < 4.78 is 1.68. The number of hydrogen-bond donors (Lipinski definition) is 2. The van der Waals surface area contributed by atoms with Crippen molar-refractivity contribution in [3.63, 3.8) is 0 Å². The molecule has 8 heteroatoms. The summed E-state index contributed by atoms with van der Waals surface area (Å²) in [6, 6.07) is 18.6. The van der Waals surface area contributed by atoms with Crippen molar-refractivity contribution in [1.82, 2.24) is 25.0 Å². The molecular weight excluding hydrogens is 428 g/mol. The Bertz CT molecular complexity index is 1270. The summed E-state index contributed by atoms with van der Waals surface area (Å²) in [6.45, 7) is 5.64. The molecular formula is C26H28N6O2. The molecule has 0 aliphatic rings. The second kappa shape index (κ2) is 10.6. The highest BCUT2D eigenvalue weighted by atomic mass is 16.2. The highest BCUT2D eigenvalue weighted by molar-refractivity contribution is 6.06. The van der Waals surface area contributed by atoms with E-state index in [4.69, 9.17) is 5.10 Å². The number of amides is 3. The van der Waals surface area contributed by atoms with Gasteiger partial charge in [0.15, 0.2) is 0 Å². The topological polar surface area (TPSA) is 92.2 Å². The minimum Gasteiger partial charge on any atom is -0.338 e. The van der Waals surface area contributed by atoms with Gasteiger partial charge in [-0.3, -0.25) is 9.78 Å². The van der Waals surface area contributed by atoms with Gasteiger partial charge in [0.05, 0.1) is 11.2 Å². The molecule has 2 aromatic carbocycles. The van der Waals surface area contributed by atoms with Crippen LogP contribution in [-0.4, -0.2) is 51.2 Å². The number of pyridine rings is 1. The zero-order valence-electron chi connectivity index (χ0n) is 19.4. The number of nitrogens with one attached hydrogen (secondary N) is 2. The van der Waals surface area contributed by atoms with Crippen LogP contribution in [0.2, 0.25) is 0 Å². The number of rotatable bonds is 8. The minimum absolute atomic E-state index is 0.0779. The Hall–Kier alpha value is -4.20. The first-order valence-electron chi connectivity index (χ1n) is 11.4. The van der Waals surface area contributed by atoms with Crippen LogP contribution in [0, 0.1) is 0 Å². The molecule has 0 radical (unpaired) electrons. The average molecular weight is 457 g/mol. The standard InChI is InChI=1S/C26H28N6O2/c1-3-31(4-2)25(33)24-22-11-10-20(18-23(22)30-32(24)21-8-6-5-7-9-21)29-26(34)28-17-14-19-12-15-27-16-13-19/h5-13,15-16,18H,3-4,14,17H2,1-2H3,(H2,28,29,34). The summed E-state index contributed by atoms with van der Waals surface area (Å²) in [6.07, 6.45) is 4.18. The maximum Gasteiger partial charge on any atom is 0.319 e. The molecule has 0 saturated heterocycles. The van der Waals surface area contributed by atoms with Crippen molar-refractivity contribution in [3.8, 4) is 5.69 Å². The number of nitrogens with zero attached hydrogens (tertiary/aromatic N) is 4. The third kappa shape index (κ3) is 5.06. The van der Waals surface area contributed by atoms with Crippen molar-refractivity contribution in [1.29, 1.82) is 0 Å². The molecule has 34 heavy (non-hydrogen) atoms. The molecule has 0 aliphatic heterocycles. The van der Waals surface area contributed by atoms with Gasteiger partial charge in [0.2, 0.25) is 0 Å². The van der Waals surface area contributed by atoms with E-state index in [1.165, 1.54) is 0 Å². The maximum atomic E-state index is 13.4. The zero-order valence-corrected chi connectivity index (χ0v) is 19.4. The fraction of sp³-hybridized carbons (Fsp3) is 0.231. The van der Waals surface area contributed by atoms with Gasteiger partial charge < -0.3 is 15.5 Å². The molecule has 174 valence electrons. The second-order valence-electron chi connectivity index (χ2n) is 7.79. The Kier molecular flexibility index (Phi) is 7.17. The summed E-state index contributed by atoms with van der Waals surface area (Å²) in [5.41, 5.74) is 3.66. The molecule has 4 aromatic rings. The van der Waals surface area contributed by atoms with Crippen LogP contribution in [-0.2, 0) is 6.42 Å². The monoisotopic (exact) mass is 456 g/mol. The second-order valence-corrected chi connectivity index (χ2v) is 7.79. The Morgan fingerprint density at radius 1 is 0.971 bits per heavy atom. The van der Waals surface area contributed by atoms with Crippen molar-refractivity contribution in [2.24, 2.45) is 0 Å². The van der Waals surface area contributed by atoms with Gasteiger partial charge in [-0.25, -0.2) is 9.48 Å². The van der Waals surface area contributed by atoms with Crippen LogP contribution in [0.3, 0.4) is 0 Å². The lowest BCUT2D eigenvalue weighted by molar-refractivity contribution is 0.0766. The normalized spacial score (nSPS) is 10.8. The van der Waals surface area contributed by atoms with Crippen LogP contribution in [0.5, 0.6) is 0 Å². The highest BCUT2D eigenvalue weighted by Gasteiger charge is 2.23. The van der Waals surface area contributed by atoms with E-state index < -0.39 is 0 Å². The molecule has 3 amide bonds. The molecule has 0 saturated carbocycles. The van der Waals surface area contributed by atoms with Gasteiger partial charge in [-0.2, -0.15) is 5.10 Å². The Morgan fingerprint density at radius 3 is 2.41 bits per heavy atom. The van der Waals surface area contributed by atoms with Crippen molar-refractivity contribution in [2.45, 2.75) is 20.3 Å². The number of anilines is 1.